The third-order valence-corrected chi connectivity index (χ3v) is 4.40. The first-order chi connectivity index (χ1) is 9.87. The lowest BCUT2D eigenvalue weighted by Crippen LogP contribution is -2.32. The van der Waals surface area contributed by atoms with Crippen molar-refractivity contribution in [3.63, 3.8) is 0 Å². The Balaban J connectivity index is 2.00. The number of aliphatic hydroxyl groups is 1. The van der Waals surface area contributed by atoms with Crippen LogP contribution in [0.5, 0.6) is 0 Å². The maximum atomic E-state index is 12.2. The van der Waals surface area contributed by atoms with E-state index in [1.807, 2.05) is 32.0 Å². The molecule has 0 saturated carbocycles. The monoisotopic (exact) mass is 307 g/mol. The summed E-state index contributed by atoms with van der Waals surface area (Å²) in [7, 11) is 0. The second kappa shape index (κ2) is 6.63. The molecule has 1 heterocycles. The first kappa shape index (κ1) is 16.1. The summed E-state index contributed by atoms with van der Waals surface area (Å²) in [6, 6.07) is 5.74. The largest absolute Gasteiger partial charge is 0.390 e. The van der Waals surface area contributed by atoms with Gasteiger partial charge in [-0.3, -0.25) is 4.79 Å². The summed E-state index contributed by atoms with van der Waals surface area (Å²) in [5, 5.41) is 10.8. The molecule has 1 fully saturated rings. The molecule has 1 amide bonds. The van der Waals surface area contributed by atoms with E-state index in [9.17, 15) is 9.90 Å². The van der Waals surface area contributed by atoms with E-state index in [2.05, 4.69) is 0 Å². The number of carbonyl (C=O) groups excluding carboxylic acids is 1. The van der Waals surface area contributed by atoms with Crippen LogP contribution in [0.15, 0.2) is 24.3 Å². The molecule has 0 radical (unpaired) electrons. The van der Waals surface area contributed by atoms with Crippen LogP contribution in [0.4, 0.5) is 0 Å². The predicted octanol–water partition coefficient (Wildman–Crippen LogP) is 3.43. The minimum atomic E-state index is -0.650. The van der Waals surface area contributed by atoms with Crippen LogP contribution >= 0.6 is 11.6 Å². The Hall–Kier alpha value is -1.32. The molecule has 2 rings (SSSR count). The van der Waals surface area contributed by atoms with Crippen molar-refractivity contribution in [1.82, 2.24) is 4.90 Å². The lowest BCUT2D eigenvalue weighted by atomic mass is 9.98. The van der Waals surface area contributed by atoms with Gasteiger partial charge < -0.3 is 10.0 Å². The fraction of sp³-hybridized carbons (Fsp3) is 0.471. The van der Waals surface area contributed by atoms with E-state index >= 15 is 0 Å². The normalized spacial score (nSPS) is 23.3. The van der Waals surface area contributed by atoms with Gasteiger partial charge in [-0.25, -0.2) is 0 Å². The molecule has 114 valence electrons. The molecule has 21 heavy (non-hydrogen) atoms. The van der Waals surface area contributed by atoms with Gasteiger partial charge in [-0.2, -0.15) is 0 Å². The Morgan fingerprint density at radius 3 is 2.86 bits per heavy atom. The Morgan fingerprint density at radius 2 is 2.14 bits per heavy atom. The quantitative estimate of drug-likeness (QED) is 0.850. The molecule has 1 aliphatic heterocycles. The molecule has 0 aromatic heterocycles. The minimum absolute atomic E-state index is 0.00982. The van der Waals surface area contributed by atoms with Gasteiger partial charge >= 0.3 is 0 Å². The van der Waals surface area contributed by atoms with Gasteiger partial charge in [0.15, 0.2) is 0 Å². The number of halogens is 1. The van der Waals surface area contributed by atoms with Gasteiger partial charge in [0.25, 0.3) is 0 Å². The summed E-state index contributed by atoms with van der Waals surface area (Å²) in [6.45, 7) is 5.09. The van der Waals surface area contributed by atoms with Crippen molar-refractivity contribution in [2.75, 3.05) is 13.1 Å². The molecular formula is C17H22ClNO2. The molecule has 1 atom stereocenters. The van der Waals surface area contributed by atoms with Crippen LogP contribution in [0, 0.1) is 6.92 Å². The fourth-order valence-corrected chi connectivity index (χ4v) is 2.66. The second-order valence-electron chi connectivity index (χ2n) is 6.02. The SMILES string of the molecule is Cc1ccc(/C=C/C(=O)N2CCCC(C)(O)CC2)cc1Cl. The lowest BCUT2D eigenvalue weighted by Gasteiger charge is -2.21. The topological polar surface area (TPSA) is 40.5 Å². The van der Waals surface area contributed by atoms with E-state index in [-0.39, 0.29) is 5.91 Å². The first-order valence-corrected chi connectivity index (χ1v) is 7.71. The van der Waals surface area contributed by atoms with Gasteiger partial charge in [0.1, 0.15) is 0 Å². The van der Waals surface area contributed by atoms with Crippen molar-refractivity contribution >= 4 is 23.6 Å². The highest BCUT2D eigenvalue weighted by Gasteiger charge is 2.26. The Kier molecular flexibility index (Phi) is 5.07. The summed E-state index contributed by atoms with van der Waals surface area (Å²) >= 11 is 6.07. The summed E-state index contributed by atoms with van der Waals surface area (Å²) in [6.07, 6.45) is 5.58. The summed E-state index contributed by atoms with van der Waals surface area (Å²) in [4.78, 5) is 14.0. The molecule has 1 unspecified atom stereocenters. The van der Waals surface area contributed by atoms with Crippen molar-refractivity contribution in [3.05, 3.63) is 40.4 Å². The van der Waals surface area contributed by atoms with Crippen LogP contribution in [-0.2, 0) is 4.79 Å². The van der Waals surface area contributed by atoms with Crippen molar-refractivity contribution in [1.29, 1.82) is 0 Å². The number of hydrogen-bond acceptors (Lipinski definition) is 2. The average Bonchev–Trinajstić information content (AvgIpc) is 2.61. The molecule has 4 heteroatoms. The zero-order chi connectivity index (χ0) is 15.5. The molecule has 0 bridgehead atoms. The van der Waals surface area contributed by atoms with E-state index in [0.29, 0.717) is 24.5 Å². The maximum Gasteiger partial charge on any atom is 0.246 e. The molecule has 0 aliphatic carbocycles. The number of hydrogen-bond donors (Lipinski definition) is 1. The van der Waals surface area contributed by atoms with Gasteiger partial charge in [-0.15, -0.1) is 0 Å². The van der Waals surface area contributed by atoms with Crippen LogP contribution in [0.3, 0.4) is 0 Å². The van der Waals surface area contributed by atoms with Crippen LogP contribution < -0.4 is 0 Å². The maximum absolute atomic E-state index is 12.2. The van der Waals surface area contributed by atoms with E-state index in [1.54, 1.807) is 17.1 Å². The van der Waals surface area contributed by atoms with Gasteiger partial charge in [-0.1, -0.05) is 23.7 Å². The number of aryl methyl sites for hydroxylation is 1. The minimum Gasteiger partial charge on any atom is -0.390 e. The summed E-state index contributed by atoms with van der Waals surface area (Å²) in [5.74, 6) is -0.00982. The lowest BCUT2D eigenvalue weighted by molar-refractivity contribution is -0.126. The van der Waals surface area contributed by atoms with Crippen LogP contribution in [0.25, 0.3) is 6.08 Å². The zero-order valence-corrected chi connectivity index (χ0v) is 13.4. The first-order valence-electron chi connectivity index (χ1n) is 7.33. The second-order valence-corrected chi connectivity index (χ2v) is 6.42. The van der Waals surface area contributed by atoms with E-state index in [0.717, 1.165) is 24.0 Å². The van der Waals surface area contributed by atoms with Crippen molar-refractivity contribution in [2.24, 2.45) is 0 Å². The van der Waals surface area contributed by atoms with Crippen molar-refractivity contribution in [2.45, 2.75) is 38.7 Å². The number of amides is 1. The van der Waals surface area contributed by atoms with Crippen molar-refractivity contribution < 1.29 is 9.90 Å². The Labute approximate surface area is 131 Å². The summed E-state index contributed by atoms with van der Waals surface area (Å²) in [5.41, 5.74) is 1.29. The highest BCUT2D eigenvalue weighted by atomic mass is 35.5. The zero-order valence-electron chi connectivity index (χ0n) is 12.6. The number of likely N-dealkylation sites (tertiary alicyclic amines) is 1. The van der Waals surface area contributed by atoms with Crippen LogP contribution in [0.1, 0.15) is 37.3 Å². The van der Waals surface area contributed by atoms with Crippen LogP contribution in [-0.4, -0.2) is 34.6 Å². The molecular weight excluding hydrogens is 286 g/mol. The number of rotatable bonds is 2. The highest BCUT2D eigenvalue weighted by molar-refractivity contribution is 6.31. The molecule has 1 saturated heterocycles. The number of benzene rings is 1. The number of carbonyl (C=O) groups is 1. The third-order valence-electron chi connectivity index (χ3n) is 3.99. The van der Waals surface area contributed by atoms with Gasteiger partial charge in [0, 0.05) is 24.2 Å². The van der Waals surface area contributed by atoms with E-state index in [1.165, 1.54) is 0 Å². The number of nitrogens with zero attached hydrogens (tertiary/aromatic N) is 1. The molecule has 3 nitrogen and oxygen atoms in total. The standard InChI is InChI=1S/C17H22ClNO2/c1-13-4-5-14(12-15(13)18)6-7-16(20)19-10-3-8-17(2,21)9-11-19/h4-7,12,21H,3,8-11H2,1-2H3/b7-6+. The Bertz CT molecular complexity index is 552. The van der Waals surface area contributed by atoms with E-state index in [4.69, 9.17) is 11.6 Å². The van der Waals surface area contributed by atoms with Crippen molar-refractivity contribution in [3.8, 4) is 0 Å². The molecule has 1 aromatic rings. The molecule has 0 spiro atoms. The average molecular weight is 308 g/mol. The van der Waals surface area contributed by atoms with Crippen LogP contribution in [0.2, 0.25) is 5.02 Å². The Morgan fingerprint density at radius 1 is 1.38 bits per heavy atom. The molecule has 1 aliphatic rings. The highest BCUT2D eigenvalue weighted by Crippen LogP contribution is 2.22. The molecule has 1 N–H and O–H groups in total. The predicted molar refractivity (Wildman–Crippen MR) is 86.3 cm³/mol. The smallest absolute Gasteiger partial charge is 0.246 e. The van der Waals surface area contributed by atoms with Gasteiger partial charge in [-0.05, 0) is 56.4 Å². The van der Waals surface area contributed by atoms with Gasteiger partial charge in [0.2, 0.25) is 5.91 Å². The van der Waals surface area contributed by atoms with Gasteiger partial charge in [0.05, 0.1) is 5.60 Å². The molecule has 1 aromatic carbocycles. The fourth-order valence-electron chi connectivity index (χ4n) is 2.47. The third kappa shape index (κ3) is 4.58. The van der Waals surface area contributed by atoms with E-state index < -0.39 is 5.60 Å². The summed E-state index contributed by atoms with van der Waals surface area (Å²) < 4.78 is 0.